The van der Waals surface area contributed by atoms with Gasteiger partial charge in [0.15, 0.2) is 18.1 Å². The van der Waals surface area contributed by atoms with Crippen molar-refractivity contribution >= 4 is 23.2 Å². The summed E-state index contributed by atoms with van der Waals surface area (Å²) in [5, 5.41) is 12.2. The van der Waals surface area contributed by atoms with E-state index in [1.54, 1.807) is 48.5 Å². The van der Waals surface area contributed by atoms with Gasteiger partial charge < -0.3 is 14.8 Å². The van der Waals surface area contributed by atoms with Crippen molar-refractivity contribution in [1.82, 2.24) is 0 Å². The van der Waals surface area contributed by atoms with Gasteiger partial charge in [0.2, 0.25) is 0 Å². The van der Waals surface area contributed by atoms with Crippen molar-refractivity contribution in [2.24, 2.45) is 0 Å². The lowest BCUT2D eigenvalue weighted by Crippen LogP contribution is -2.20. The van der Waals surface area contributed by atoms with E-state index in [0.717, 1.165) is 0 Å². The van der Waals surface area contributed by atoms with Crippen LogP contribution in [0.4, 0.5) is 10.1 Å². The number of rotatable bonds is 7. The molecule has 0 radical (unpaired) electrons. The van der Waals surface area contributed by atoms with Gasteiger partial charge in [-0.15, -0.1) is 0 Å². The number of carbonyl (C=O) groups is 1. The second-order valence-electron chi connectivity index (χ2n) is 6.29. The van der Waals surface area contributed by atoms with Gasteiger partial charge in [-0.3, -0.25) is 4.79 Å². The number of carbonyl (C=O) groups excluding carboxylic acids is 1. The third kappa shape index (κ3) is 5.46. The molecule has 0 aromatic heterocycles. The molecule has 0 saturated carbocycles. The minimum absolute atomic E-state index is 0.187. The first kappa shape index (κ1) is 20.6. The lowest BCUT2D eigenvalue weighted by molar-refractivity contribution is -0.118. The van der Waals surface area contributed by atoms with E-state index in [9.17, 15) is 14.4 Å². The van der Waals surface area contributed by atoms with Crippen LogP contribution >= 0.6 is 0 Å². The third-order valence-corrected chi connectivity index (χ3v) is 4.17. The first-order chi connectivity index (χ1) is 14.6. The summed E-state index contributed by atoms with van der Waals surface area (Å²) in [4.78, 5) is 12.1. The number of nitrogens with one attached hydrogen (secondary N) is 1. The molecular formula is C24H19FN2O3. The van der Waals surface area contributed by atoms with Crippen LogP contribution in [0.2, 0.25) is 0 Å². The van der Waals surface area contributed by atoms with Gasteiger partial charge >= 0.3 is 0 Å². The number of halogens is 1. The number of methoxy groups -OCH3 is 1. The van der Waals surface area contributed by atoms with Crippen LogP contribution in [0.25, 0.3) is 11.6 Å². The molecule has 0 fully saturated rings. The summed E-state index contributed by atoms with van der Waals surface area (Å²) < 4.78 is 24.4. The standard InChI is InChI=1S/C24H19FN2O3/c1-29-23-13-17(12-19(15-26)18-6-5-7-20(25)14-18)10-11-22(23)30-16-24(28)27-21-8-3-2-4-9-21/h2-14H,16H2,1H3,(H,27,28)/b19-12-. The van der Waals surface area contributed by atoms with E-state index >= 15 is 0 Å². The highest BCUT2D eigenvalue weighted by Gasteiger charge is 2.10. The predicted octanol–water partition coefficient (Wildman–Crippen LogP) is 4.92. The third-order valence-electron chi connectivity index (χ3n) is 4.17. The van der Waals surface area contributed by atoms with Crippen molar-refractivity contribution < 1.29 is 18.7 Å². The molecular weight excluding hydrogens is 383 g/mol. The molecule has 1 N–H and O–H groups in total. The fraction of sp³-hybridized carbons (Fsp3) is 0.0833. The number of nitrogens with zero attached hydrogens (tertiary/aromatic N) is 1. The second kappa shape index (κ2) is 9.89. The molecule has 3 rings (SSSR count). The molecule has 0 unspecified atom stereocenters. The SMILES string of the molecule is COc1cc(/C=C(/C#N)c2cccc(F)c2)ccc1OCC(=O)Nc1ccccc1. The monoisotopic (exact) mass is 402 g/mol. The Morgan fingerprint density at radius 1 is 1.07 bits per heavy atom. The topological polar surface area (TPSA) is 71.3 Å². The number of allylic oxidation sites excluding steroid dienone is 1. The Bertz CT molecular complexity index is 1100. The van der Waals surface area contributed by atoms with Crippen molar-refractivity contribution in [1.29, 1.82) is 5.26 Å². The zero-order chi connectivity index (χ0) is 21.3. The average molecular weight is 402 g/mol. The van der Waals surface area contributed by atoms with Crippen LogP contribution in [-0.4, -0.2) is 19.6 Å². The zero-order valence-corrected chi connectivity index (χ0v) is 16.3. The molecule has 0 bridgehead atoms. The van der Waals surface area contributed by atoms with Crippen LogP contribution in [0.5, 0.6) is 11.5 Å². The number of amides is 1. The number of hydrogen-bond donors (Lipinski definition) is 1. The van der Waals surface area contributed by atoms with Crippen LogP contribution in [0.15, 0.2) is 72.8 Å². The molecule has 150 valence electrons. The van der Waals surface area contributed by atoms with Crippen molar-refractivity contribution in [3.05, 3.63) is 89.7 Å². The molecule has 0 aliphatic rings. The Morgan fingerprint density at radius 3 is 2.57 bits per heavy atom. The summed E-state index contributed by atoms with van der Waals surface area (Å²) in [5.41, 5.74) is 2.15. The van der Waals surface area contributed by atoms with E-state index < -0.39 is 5.82 Å². The molecule has 3 aromatic rings. The quantitative estimate of drug-likeness (QED) is 0.450. The van der Waals surface area contributed by atoms with E-state index in [0.29, 0.717) is 33.9 Å². The van der Waals surface area contributed by atoms with Crippen molar-refractivity contribution in [2.45, 2.75) is 0 Å². The second-order valence-corrected chi connectivity index (χ2v) is 6.29. The molecule has 1 amide bonds. The molecule has 0 aliphatic heterocycles. The first-order valence-electron chi connectivity index (χ1n) is 9.12. The number of anilines is 1. The first-order valence-corrected chi connectivity index (χ1v) is 9.12. The van der Waals surface area contributed by atoms with Crippen LogP contribution < -0.4 is 14.8 Å². The van der Waals surface area contributed by atoms with Gasteiger partial charge in [0.25, 0.3) is 5.91 Å². The van der Waals surface area contributed by atoms with Gasteiger partial charge in [-0.25, -0.2) is 4.39 Å². The fourth-order valence-electron chi connectivity index (χ4n) is 2.76. The smallest absolute Gasteiger partial charge is 0.262 e. The van der Waals surface area contributed by atoms with Gasteiger partial charge in [0, 0.05) is 5.69 Å². The Morgan fingerprint density at radius 2 is 1.87 bits per heavy atom. The number of nitriles is 1. The highest BCUT2D eigenvalue weighted by Crippen LogP contribution is 2.30. The van der Waals surface area contributed by atoms with Crippen molar-refractivity contribution in [3.63, 3.8) is 0 Å². The van der Waals surface area contributed by atoms with Crippen LogP contribution in [-0.2, 0) is 4.79 Å². The number of ether oxygens (including phenoxy) is 2. The lowest BCUT2D eigenvalue weighted by atomic mass is 10.0. The van der Waals surface area contributed by atoms with Gasteiger partial charge in [-0.05, 0) is 53.6 Å². The maximum absolute atomic E-state index is 13.5. The van der Waals surface area contributed by atoms with Gasteiger partial charge in [0.05, 0.1) is 18.8 Å². The molecule has 3 aromatic carbocycles. The van der Waals surface area contributed by atoms with E-state index in [1.807, 2.05) is 18.2 Å². The largest absolute Gasteiger partial charge is 0.493 e. The Balaban J connectivity index is 1.73. The van der Waals surface area contributed by atoms with Crippen molar-refractivity contribution in [3.8, 4) is 17.6 Å². The molecule has 30 heavy (non-hydrogen) atoms. The van der Waals surface area contributed by atoms with Crippen molar-refractivity contribution in [2.75, 3.05) is 19.0 Å². The molecule has 0 spiro atoms. The Labute approximate surface area is 174 Å². The number of para-hydroxylation sites is 1. The number of hydrogen-bond acceptors (Lipinski definition) is 4. The summed E-state index contributed by atoms with van der Waals surface area (Å²) in [6, 6.07) is 22.1. The Kier molecular flexibility index (Phi) is 6.80. The maximum Gasteiger partial charge on any atom is 0.262 e. The predicted molar refractivity (Wildman–Crippen MR) is 113 cm³/mol. The van der Waals surface area contributed by atoms with E-state index in [1.165, 1.54) is 19.2 Å². The highest BCUT2D eigenvalue weighted by atomic mass is 19.1. The average Bonchev–Trinajstić information content (AvgIpc) is 2.77. The summed E-state index contributed by atoms with van der Waals surface area (Å²) in [6.45, 7) is -0.187. The summed E-state index contributed by atoms with van der Waals surface area (Å²) in [5.74, 6) is 0.0868. The van der Waals surface area contributed by atoms with Gasteiger partial charge in [-0.1, -0.05) is 36.4 Å². The van der Waals surface area contributed by atoms with Gasteiger partial charge in [-0.2, -0.15) is 5.26 Å². The highest BCUT2D eigenvalue weighted by molar-refractivity contribution is 5.92. The summed E-state index contributed by atoms with van der Waals surface area (Å²) in [6.07, 6.45) is 1.63. The molecule has 0 atom stereocenters. The Hall–Kier alpha value is -4.11. The van der Waals surface area contributed by atoms with Crippen LogP contribution in [0, 0.1) is 17.1 Å². The lowest BCUT2D eigenvalue weighted by Gasteiger charge is -2.12. The molecule has 0 saturated heterocycles. The van der Waals surface area contributed by atoms with Gasteiger partial charge in [0.1, 0.15) is 5.82 Å². The summed E-state index contributed by atoms with van der Waals surface area (Å²) in [7, 11) is 1.48. The minimum atomic E-state index is -0.413. The van der Waals surface area contributed by atoms with Crippen LogP contribution in [0.1, 0.15) is 11.1 Å². The minimum Gasteiger partial charge on any atom is -0.493 e. The normalized spacial score (nSPS) is 10.8. The summed E-state index contributed by atoms with van der Waals surface area (Å²) >= 11 is 0. The molecule has 0 aliphatic carbocycles. The zero-order valence-electron chi connectivity index (χ0n) is 16.3. The van der Waals surface area contributed by atoms with E-state index in [4.69, 9.17) is 9.47 Å². The molecule has 6 heteroatoms. The molecule has 5 nitrogen and oxygen atoms in total. The fourth-order valence-corrected chi connectivity index (χ4v) is 2.76. The molecule has 0 heterocycles. The maximum atomic E-state index is 13.5. The van der Waals surface area contributed by atoms with Crippen LogP contribution in [0.3, 0.4) is 0 Å². The van der Waals surface area contributed by atoms with E-state index in [-0.39, 0.29) is 12.5 Å². The van der Waals surface area contributed by atoms with E-state index in [2.05, 4.69) is 11.4 Å². The number of benzene rings is 3.